The lowest BCUT2D eigenvalue weighted by molar-refractivity contribution is 0.726. The minimum Gasteiger partial charge on any atom is -0.385 e. The van der Waals surface area contributed by atoms with E-state index in [4.69, 9.17) is 0 Å². The fourth-order valence-corrected chi connectivity index (χ4v) is 3.34. The minimum absolute atomic E-state index is 0.499. The molecular weight excluding hydrogens is 242 g/mol. The standard InChI is InChI=1S/C19H17N/c1-2-6-14(7-3-1)17-12-13-20-18-11-10-15-8-4-5-9-16(15)19(17)18/h1-11,17,20H,12-13H2. The number of fused-ring (bicyclic) bond motifs is 3. The first-order chi connectivity index (χ1) is 9.93. The number of benzene rings is 3. The van der Waals surface area contributed by atoms with Crippen LogP contribution in [-0.2, 0) is 0 Å². The van der Waals surface area contributed by atoms with Crippen molar-refractivity contribution in [1.82, 2.24) is 0 Å². The van der Waals surface area contributed by atoms with Crippen LogP contribution in [0.1, 0.15) is 23.5 Å². The van der Waals surface area contributed by atoms with Gasteiger partial charge in [-0.1, -0.05) is 60.7 Å². The molecule has 1 N–H and O–H groups in total. The van der Waals surface area contributed by atoms with Crippen LogP contribution in [0.25, 0.3) is 10.8 Å². The lowest BCUT2D eigenvalue weighted by atomic mass is 9.82. The predicted molar refractivity (Wildman–Crippen MR) is 85.3 cm³/mol. The van der Waals surface area contributed by atoms with Gasteiger partial charge in [0, 0.05) is 18.2 Å². The van der Waals surface area contributed by atoms with Crippen LogP contribution >= 0.6 is 0 Å². The Kier molecular flexibility index (Phi) is 2.70. The Balaban J connectivity index is 1.97. The summed E-state index contributed by atoms with van der Waals surface area (Å²) in [5.41, 5.74) is 4.18. The van der Waals surface area contributed by atoms with Crippen molar-refractivity contribution in [2.75, 3.05) is 11.9 Å². The highest BCUT2D eigenvalue weighted by Crippen LogP contribution is 2.40. The molecule has 1 aliphatic heterocycles. The van der Waals surface area contributed by atoms with Crippen LogP contribution in [0.3, 0.4) is 0 Å². The summed E-state index contributed by atoms with van der Waals surface area (Å²) in [6, 6.07) is 24.0. The van der Waals surface area contributed by atoms with E-state index in [-0.39, 0.29) is 0 Å². The summed E-state index contributed by atoms with van der Waals surface area (Å²) >= 11 is 0. The van der Waals surface area contributed by atoms with Crippen LogP contribution in [0.5, 0.6) is 0 Å². The first-order valence-electron chi connectivity index (χ1n) is 7.24. The molecule has 0 aromatic heterocycles. The van der Waals surface area contributed by atoms with E-state index in [1.807, 2.05) is 0 Å². The molecule has 0 bridgehead atoms. The summed E-state index contributed by atoms with van der Waals surface area (Å²) in [6.45, 7) is 1.05. The van der Waals surface area contributed by atoms with E-state index in [9.17, 15) is 0 Å². The molecular formula is C19H17N. The van der Waals surface area contributed by atoms with Crippen LogP contribution in [-0.4, -0.2) is 6.54 Å². The van der Waals surface area contributed by atoms with Crippen LogP contribution in [0.15, 0.2) is 66.7 Å². The van der Waals surface area contributed by atoms with Gasteiger partial charge in [0.25, 0.3) is 0 Å². The number of hydrogen-bond acceptors (Lipinski definition) is 1. The normalized spacial score (nSPS) is 17.5. The maximum atomic E-state index is 3.55. The highest BCUT2D eigenvalue weighted by Gasteiger charge is 2.23. The molecule has 3 aromatic carbocycles. The Morgan fingerprint density at radius 1 is 0.800 bits per heavy atom. The highest BCUT2D eigenvalue weighted by atomic mass is 14.9. The van der Waals surface area contributed by atoms with Crippen molar-refractivity contribution in [2.45, 2.75) is 12.3 Å². The minimum atomic E-state index is 0.499. The molecule has 0 amide bonds. The molecule has 0 saturated heterocycles. The van der Waals surface area contributed by atoms with Gasteiger partial charge in [0.05, 0.1) is 0 Å². The van der Waals surface area contributed by atoms with E-state index >= 15 is 0 Å². The summed E-state index contributed by atoms with van der Waals surface area (Å²) in [7, 11) is 0. The second-order valence-corrected chi connectivity index (χ2v) is 5.43. The molecule has 3 aromatic rings. The molecule has 1 heteroatoms. The number of nitrogens with one attached hydrogen (secondary N) is 1. The molecule has 98 valence electrons. The van der Waals surface area contributed by atoms with Crippen molar-refractivity contribution in [1.29, 1.82) is 0 Å². The molecule has 0 radical (unpaired) electrons. The second kappa shape index (κ2) is 4.68. The van der Waals surface area contributed by atoms with Crippen LogP contribution in [0.2, 0.25) is 0 Å². The lowest BCUT2D eigenvalue weighted by Crippen LogP contribution is -2.17. The molecule has 4 rings (SSSR count). The van der Waals surface area contributed by atoms with Gasteiger partial charge >= 0.3 is 0 Å². The van der Waals surface area contributed by atoms with Gasteiger partial charge in [0.1, 0.15) is 0 Å². The Morgan fingerprint density at radius 2 is 1.60 bits per heavy atom. The Labute approximate surface area is 119 Å². The average molecular weight is 259 g/mol. The van der Waals surface area contributed by atoms with Gasteiger partial charge in [-0.25, -0.2) is 0 Å². The third-order valence-corrected chi connectivity index (χ3v) is 4.27. The summed E-state index contributed by atoms with van der Waals surface area (Å²) in [5, 5.41) is 6.26. The first-order valence-corrected chi connectivity index (χ1v) is 7.24. The molecule has 1 heterocycles. The van der Waals surface area contributed by atoms with Gasteiger partial charge < -0.3 is 5.32 Å². The fraction of sp³-hybridized carbons (Fsp3) is 0.158. The third-order valence-electron chi connectivity index (χ3n) is 4.27. The SMILES string of the molecule is c1ccc(C2CCNc3ccc4ccccc4c32)cc1. The van der Waals surface area contributed by atoms with Gasteiger partial charge in [-0.15, -0.1) is 0 Å². The van der Waals surface area contributed by atoms with Crippen molar-refractivity contribution in [2.24, 2.45) is 0 Å². The van der Waals surface area contributed by atoms with E-state index in [1.165, 1.54) is 27.6 Å². The van der Waals surface area contributed by atoms with E-state index in [0.717, 1.165) is 13.0 Å². The van der Waals surface area contributed by atoms with Gasteiger partial charge in [-0.05, 0) is 34.4 Å². The van der Waals surface area contributed by atoms with Crippen LogP contribution in [0, 0.1) is 0 Å². The topological polar surface area (TPSA) is 12.0 Å². The molecule has 0 fully saturated rings. The maximum Gasteiger partial charge on any atom is 0.0385 e. The molecule has 1 aliphatic rings. The predicted octanol–water partition coefficient (Wildman–Crippen LogP) is 4.79. The zero-order valence-electron chi connectivity index (χ0n) is 11.3. The third kappa shape index (κ3) is 1.78. The largest absolute Gasteiger partial charge is 0.385 e. The van der Waals surface area contributed by atoms with Gasteiger partial charge in [0.2, 0.25) is 0 Å². The highest BCUT2D eigenvalue weighted by molar-refractivity contribution is 5.91. The second-order valence-electron chi connectivity index (χ2n) is 5.43. The van der Waals surface area contributed by atoms with Crippen LogP contribution in [0.4, 0.5) is 5.69 Å². The quantitative estimate of drug-likeness (QED) is 0.662. The molecule has 1 atom stereocenters. The van der Waals surface area contributed by atoms with E-state index in [1.54, 1.807) is 0 Å². The number of hydrogen-bond donors (Lipinski definition) is 1. The Morgan fingerprint density at radius 3 is 2.50 bits per heavy atom. The fourth-order valence-electron chi connectivity index (χ4n) is 3.34. The van der Waals surface area contributed by atoms with Crippen molar-refractivity contribution in [3.63, 3.8) is 0 Å². The zero-order valence-corrected chi connectivity index (χ0v) is 11.3. The van der Waals surface area contributed by atoms with Gasteiger partial charge in [-0.2, -0.15) is 0 Å². The maximum absolute atomic E-state index is 3.55. The summed E-state index contributed by atoms with van der Waals surface area (Å²) in [6.07, 6.45) is 1.16. The molecule has 0 spiro atoms. The summed E-state index contributed by atoms with van der Waals surface area (Å²) in [4.78, 5) is 0. The molecule has 0 saturated carbocycles. The van der Waals surface area contributed by atoms with Crippen LogP contribution < -0.4 is 5.32 Å². The lowest BCUT2D eigenvalue weighted by Gasteiger charge is -2.28. The smallest absolute Gasteiger partial charge is 0.0385 e. The Hall–Kier alpha value is -2.28. The van der Waals surface area contributed by atoms with Crippen molar-refractivity contribution < 1.29 is 0 Å². The zero-order chi connectivity index (χ0) is 13.4. The van der Waals surface area contributed by atoms with Crippen molar-refractivity contribution >= 4 is 16.5 Å². The first kappa shape index (κ1) is 11.5. The summed E-state index contributed by atoms with van der Waals surface area (Å²) < 4.78 is 0. The van der Waals surface area contributed by atoms with E-state index < -0.39 is 0 Å². The molecule has 1 nitrogen and oxygen atoms in total. The summed E-state index contributed by atoms with van der Waals surface area (Å²) in [5.74, 6) is 0.499. The van der Waals surface area contributed by atoms with Gasteiger partial charge in [-0.3, -0.25) is 0 Å². The van der Waals surface area contributed by atoms with Crippen molar-refractivity contribution in [3.05, 3.63) is 77.9 Å². The molecule has 20 heavy (non-hydrogen) atoms. The molecule has 1 unspecified atom stereocenters. The van der Waals surface area contributed by atoms with Crippen molar-refractivity contribution in [3.8, 4) is 0 Å². The number of rotatable bonds is 1. The Bertz CT molecular complexity index is 746. The number of anilines is 1. The monoisotopic (exact) mass is 259 g/mol. The molecule has 0 aliphatic carbocycles. The van der Waals surface area contributed by atoms with E-state index in [0.29, 0.717) is 5.92 Å². The van der Waals surface area contributed by atoms with E-state index in [2.05, 4.69) is 72.0 Å². The average Bonchev–Trinajstić information content (AvgIpc) is 2.55. The van der Waals surface area contributed by atoms with Gasteiger partial charge in [0.15, 0.2) is 0 Å².